The van der Waals surface area contributed by atoms with Crippen LogP contribution >= 0.6 is 0 Å². The summed E-state index contributed by atoms with van der Waals surface area (Å²) in [7, 11) is -3.47. The topological polar surface area (TPSA) is 125 Å². The van der Waals surface area contributed by atoms with Crippen molar-refractivity contribution in [2.24, 2.45) is 4.99 Å². The maximum absolute atomic E-state index is 16.4. The molecule has 47 heavy (non-hydrogen) atoms. The second-order valence-electron chi connectivity index (χ2n) is 11.4. The van der Waals surface area contributed by atoms with Crippen molar-refractivity contribution in [3.05, 3.63) is 137 Å². The Kier molecular flexibility index (Phi) is 8.14. The molecule has 0 aliphatic carbocycles. The normalized spacial score (nSPS) is 12.8. The van der Waals surface area contributed by atoms with E-state index in [-0.39, 0.29) is 6.54 Å². The number of pyridine rings is 2. The van der Waals surface area contributed by atoms with Gasteiger partial charge in [-0.1, -0.05) is 42.5 Å². The van der Waals surface area contributed by atoms with E-state index < -0.39 is 21.7 Å². The molecule has 0 radical (unpaired) electrons. The number of hydrogen-bond donors (Lipinski definition) is 3. The summed E-state index contributed by atoms with van der Waals surface area (Å²) >= 11 is 0. The number of H-pyrrole nitrogens is 1. The summed E-state index contributed by atoms with van der Waals surface area (Å²) in [6.07, 6.45) is 6.02. The minimum absolute atomic E-state index is 0.0801. The molecule has 0 spiro atoms. The van der Waals surface area contributed by atoms with Gasteiger partial charge in [0.05, 0.1) is 24.0 Å². The highest BCUT2D eigenvalue weighted by Crippen LogP contribution is 2.34. The van der Waals surface area contributed by atoms with Gasteiger partial charge in [-0.3, -0.25) is 15.0 Å². The van der Waals surface area contributed by atoms with Crippen molar-refractivity contribution in [2.45, 2.75) is 26.2 Å². The predicted octanol–water partition coefficient (Wildman–Crippen LogP) is 5.66. The zero-order chi connectivity index (χ0) is 32.5. The first-order valence-corrected chi connectivity index (χ1v) is 16.8. The fourth-order valence-corrected chi connectivity index (χ4v) is 6.13. The van der Waals surface area contributed by atoms with Crippen molar-refractivity contribution < 1.29 is 17.2 Å². The Balaban J connectivity index is 1.18. The monoisotopic (exact) mass is 649 g/mol. The van der Waals surface area contributed by atoms with Gasteiger partial charge in [0.2, 0.25) is 10.0 Å². The molecule has 0 bridgehead atoms. The molecule has 6 aromatic rings. The number of sulfonamides is 1. The molecule has 0 fully saturated rings. The average molecular weight is 650 g/mol. The first-order chi connectivity index (χ1) is 22.7. The Morgan fingerprint density at radius 3 is 2.51 bits per heavy atom. The predicted molar refractivity (Wildman–Crippen MR) is 177 cm³/mol. The fourth-order valence-electron chi connectivity index (χ4n) is 5.70. The summed E-state index contributed by atoms with van der Waals surface area (Å²) in [5.41, 5.74) is 6.94. The van der Waals surface area contributed by atoms with E-state index in [0.717, 1.165) is 17.4 Å². The molecule has 1 aliphatic rings. The van der Waals surface area contributed by atoms with Crippen LogP contribution in [0.5, 0.6) is 0 Å². The maximum Gasteiger partial charge on any atom is 0.209 e. The number of aliphatic imine (C=N–C) groups is 1. The lowest BCUT2D eigenvalue weighted by atomic mass is 9.97. The quantitative estimate of drug-likeness (QED) is 0.176. The van der Waals surface area contributed by atoms with Crippen molar-refractivity contribution in [1.29, 1.82) is 0 Å². The fraction of sp³-hybridized carbons (Fsp3) is 0.143. The molecule has 3 aromatic heterocycles. The van der Waals surface area contributed by atoms with Gasteiger partial charge < -0.3 is 10.3 Å². The van der Waals surface area contributed by atoms with Crippen LogP contribution in [0.25, 0.3) is 33.4 Å². The number of nitrogens with zero attached hydrogens (tertiary/aromatic N) is 4. The number of halogens is 2. The zero-order valence-electron chi connectivity index (χ0n) is 25.3. The van der Waals surface area contributed by atoms with Gasteiger partial charge in [-0.2, -0.15) is 0 Å². The summed E-state index contributed by atoms with van der Waals surface area (Å²) in [4.78, 5) is 21.5. The number of fused-ring (bicyclic) bond motifs is 2. The molecule has 0 saturated heterocycles. The number of rotatable bonds is 10. The Bertz CT molecular complexity index is 2270. The molecule has 3 N–H and O–H groups in total. The second kappa shape index (κ2) is 12.6. The molecule has 0 amide bonds. The van der Waals surface area contributed by atoms with E-state index in [1.54, 1.807) is 36.8 Å². The third kappa shape index (κ3) is 6.57. The van der Waals surface area contributed by atoms with Crippen molar-refractivity contribution in [3.8, 4) is 22.4 Å². The van der Waals surface area contributed by atoms with Crippen LogP contribution in [0.3, 0.4) is 0 Å². The third-order valence-electron chi connectivity index (χ3n) is 7.87. The van der Waals surface area contributed by atoms with Gasteiger partial charge in [0.25, 0.3) is 0 Å². The highest BCUT2D eigenvalue weighted by atomic mass is 32.2. The van der Waals surface area contributed by atoms with Gasteiger partial charge in [0.1, 0.15) is 22.9 Å². The van der Waals surface area contributed by atoms with E-state index in [2.05, 4.69) is 42.1 Å². The van der Waals surface area contributed by atoms with Gasteiger partial charge >= 0.3 is 0 Å². The second-order valence-corrected chi connectivity index (χ2v) is 13.2. The minimum atomic E-state index is -3.47. The maximum atomic E-state index is 16.4. The third-order valence-corrected chi connectivity index (χ3v) is 8.54. The molecule has 0 unspecified atom stereocenters. The molecule has 4 heterocycles. The lowest BCUT2D eigenvalue weighted by molar-refractivity contribution is 0.586. The van der Waals surface area contributed by atoms with E-state index >= 15 is 4.39 Å². The van der Waals surface area contributed by atoms with Crippen molar-refractivity contribution in [3.63, 3.8) is 0 Å². The van der Waals surface area contributed by atoms with Gasteiger partial charge in [-0.25, -0.2) is 26.9 Å². The molecule has 236 valence electrons. The highest BCUT2D eigenvalue weighted by Gasteiger charge is 2.27. The van der Waals surface area contributed by atoms with E-state index in [4.69, 9.17) is 4.98 Å². The summed E-state index contributed by atoms with van der Waals surface area (Å²) in [6.45, 7) is 1.49. The van der Waals surface area contributed by atoms with Crippen LogP contribution in [-0.2, 0) is 36.2 Å². The Labute approximate surface area is 269 Å². The molecular formula is C35H29F2N7O2S. The Morgan fingerprint density at radius 1 is 0.872 bits per heavy atom. The van der Waals surface area contributed by atoms with Crippen LogP contribution in [-0.4, -0.2) is 40.3 Å². The molecule has 0 atom stereocenters. The molecule has 9 nitrogen and oxygen atoms in total. The van der Waals surface area contributed by atoms with Crippen LogP contribution in [0.1, 0.15) is 33.6 Å². The SMILES string of the molecule is CS(=O)(=O)NCc1cc(F)cc(-c2nccc3[nH]c(C4=NCc5ccc(-c6cncc(CNCc7ccccc7)c6)c(F)c54)nc23)c1. The largest absolute Gasteiger partial charge is 0.337 e. The molecule has 0 saturated carbocycles. The zero-order valence-corrected chi connectivity index (χ0v) is 26.1. The number of imidazole rings is 1. The van der Waals surface area contributed by atoms with Crippen molar-refractivity contribution in [1.82, 2.24) is 30.0 Å². The molecular weight excluding hydrogens is 620 g/mol. The number of aromatic nitrogens is 4. The van der Waals surface area contributed by atoms with Gasteiger partial charge in [0.15, 0.2) is 5.82 Å². The summed E-state index contributed by atoms with van der Waals surface area (Å²) < 4.78 is 56.5. The van der Waals surface area contributed by atoms with Crippen LogP contribution in [0.15, 0.2) is 96.4 Å². The van der Waals surface area contributed by atoms with Crippen molar-refractivity contribution >= 4 is 26.8 Å². The van der Waals surface area contributed by atoms with E-state index in [1.165, 1.54) is 17.7 Å². The standard InChI is InChI=1S/C35H29F2N7O2S/c1-47(45,46)42-18-22-11-25(14-27(36)13-22)32-33-29(9-10-40-32)43-35(44-33)34-30-24(20-41-34)7-8-28(31(30)37)26-12-23(17-39-19-26)16-38-15-21-5-3-2-4-6-21/h2-14,17,19,38,42H,15-16,18,20H2,1H3,(H,43,44). The van der Waals surface area contributed by atoms with E-state index in [1.807, 2.05) is 30.3 Å². The summed E-state index contributed by atoms with van der Waals surface area (Å²) in [5.74, 6) is -0.602. The summed E-state index contributed by atoms with van der Waals surface area (Å²) in [5, 5.41) is 3.41. The number of benzene rings is 3. The molecule has 12 heteroatoms. The Hall–Kier alpha value is -5.17. The van der Waals surface area contributed by atoms with Gasteiger partial charge in [-0.15, -0.1) is 0 Å². The van der Waals surface area contributed by atoms with E-state index in [9.17, 15) is 12.8 Å². The minimum Gasteiger partial charge on any atom is -0.337 e. The van der Waals surface area contributed by atoms with E-state index in [0.29, 0.717) is 75.7 Å². The lowest BCUT2D eigenvalue weighted by Crippen LogP contribution is -2.21. The highest BCUT2D eigenvalue weighted by molar-refractivity contribution is 7.88. The van der Waals surface area contributed by atoms with Gasteiger partial charge in [0, 0.05) is 60.5 Å². The smallest absolute Gasteiger partial charge is 0.209 e. The summed E-state index contributed by atoms with van der Waals surface area (Å²) in [6, 6.07) is 21.6. The number of aromatic amines is 1. The van der Waals surface area contributed by atoms with Crippen LogP contribution in [0.2, 0.25) is 0 Å². The van der Waals surface area contributed by atoms with Gasteiger partial charge in [-0.05, 0) is 52.6 Å². The van der Waals surface area contributed by atoms with Crippen molar-refractivity contribution in [2.75, 3.05) is 6.26 Å². The number of hydrogen-bond acceptors (Lipinski definition) is 7. The van der Waals surface area contributed by atoms with Crippen LogP contribution in [0.4, 0.5) is 8.78 Å². The number of nitrogens with one attached hydrogen (secondary N) is 3. The van der Waals surface area contributed by atoms with Crippen LogP contribution < -0.4 is 10.0 Å². The average Bonchev–Trinajstić information content (AvgIpc) is 3.69. The molecule has 1 aliphatic heterocycles. The first-order valence-electron chi connectivity index (χ1n) is 14.9. The molecule has 7 rings (SSSR count). The van der Waals surface area contributed by atoms with Crippen LogP contribution in [0, 0.1) is 11.6 Å². The molecule has 3 aromatic carbocycles. The lowest BCUT2D eigenvalue weighted by Gasteiger charge is -2.11. The Morgan fingerprint density at radius 2 is 1.68 bits per heavy atom. The first kappa shape index (κ1) is 30.5.